The van der Waals surface area contributed by atoms with Crippen molar-refractivity contribution in [1.29, 1.82) is 0 Å². The highest BCUT2D eigenvalue weighted by molar-refractivity contribution is 6.09. The van der Waals surface area contributed by atoms with Crippen LogP contribution in [0.4, 0.5) is 4.79 Å². The van der Waals surface area contributed by atoms with Gasteiger partial charge in [0.1, 0.15) is 12.1 Å². The second-order valence-corrected chi connectivity index (χ2v) is 10.2. The third kappa shape index (κ3) is 5.13. The van der Waals surface area contributed by atoms with Crippen LogP contribution in [0.25, 0.3) is 0 Å². The first kappa shape index (κ1) is 22.6. The molecule has 0 aromatic rings. The molecule has 3 fully saturated rings. The van der Waals surface area contributed by atoms with Crippen molar-refractivity contribution in [3.63, 3.8) is 0 Å². The molecule has 8 heteroatoms. The molecule has 3 rings (SSSR count). The number of nitrogens with zero attached hydrogens (tertiary/aromatic N) is 1. The van der Waals surface area contributed by atoms with E-state index >= 15 is 0 Å². The monoisotopic (exact) mass is 420 g/mol. The van der Waals surface area contributed by atoms with Gasteiger partial charge in [-0.25, -0.2) is 4.79 Å². The Labute approximate surface area is 178 Å². The Balaban J connectivity index is 1.45. The second-order valence-electron chi connectivity index (χ2n) is 10.2. The average Bonchev–Trinajstić information content (AvgIpc) is 2.87. The van der Waals surface area contributed by atoms with E-state index in [1.807, 2.05) is 0 Å². The minimum Gasteiger partial charge on any atom is -0.354 e. The molecule has 2 aliphatic carbocycles. The second kappa shape index (κ2) is 8.94. The summed E-state index contributed by atoms with van der Waals surface area (Å²) in [6.45, 7) is 6.64. The number of hydrogen-bond donors (Lipinski definition) is 3. The fourth-order valence-electron chi connectivity index (χ4n) is 5.75. The summed E-state index contributed by atoms with van der Waals surface area (Å²) >= 11 is 0. The third-order valence-electron chi connectivity index (χ3n) is 6.65. The molecule has 168 valence electrons. The van der Waals surface area contributed by atoms with Gasteiger partial charge in [0, 0.05) is 19.0 Å². The van der Waals surface area contributed by atoms with Gasteiger partial charge in [-0.05, 0) is 43.4 Å². The lowest BCUT2D eigenvalue weighted by molar-refractivity contribution is -0.137. The van der Waals surface area contributed by atoms with E-state index in [0.29, 0.717) is 25.3 Å². The molecule has 0 aromatic carbocycles. The van der Waals surface area contributed by atoms with Crippen molar-refractivity contribution >= 4 is 23.8 Å². The Hall–Kier alpha value is -2.12. The van der Waals surface area contributed by atoms with Crippen molar-refractivity contribution in [2.24, 2.45) is 17.3 Å². The van der Waals surface area contributed by atoms with E-state index < -0.39 is 17.5 Å². The number of hydrogen-bond acceptors (Lipinski definition) is 4. The van der Waals surface area contributed by atoms with Gasteiger partial charge in [-0.15, -0.1) is 0 Å². The molecule has 2 atom stereocenters. The highest BCUT2D eigenvalue weighted by atomic mass is 16.2. The zero-order chi connectivity index (χ0) is 21.9. The van der Waals surface area contributed by atoms with Crippen LogP contribution in [0, 0.1) is 17.3 Å². The first-order valence-corrected chi connectivity index (χ1v) is 11.3. The Bertz CT molecular complexity index is 701. The number of carbonyl (C=O) groups excluding carboxylic acids is 4. The van der Waals surface area contributed by atoms with E-state index in [-0.39, 0.29) is 36.2 Å². The lowest BCUT2D eigenvalue weighted by Gasteiger charge is -2.43. The van der Waals surface area contributed by atoms with E-state index in [0.717, 1.165) is 37.0 Å². The van der Waals surface area contributed by atoms with Crippen LogP contribution in [-0.2, 0) is 14.4 Å². The molecular formula is C22H36N4O4. The smallest absolute Gasteiger partial charge is 0.325 e. The average molecular weight is 421 g/mol. The quantitative estimate of drug-likeness (QED) is 0.451. The van der Waals surface area contributed by atoms with Crippen LogP contribution in [0.2, 0.25) is 0 Å². The molecule has 3 N–H and O–H groups in total. The summed E-state index contributed by atoms with van der Waals surface area (Å²) < 4.78 is 0. The van der Waals surface area contributed by atoms with Gasteiger partial charge in [0.05, 0.1) is 0 Å². The van der Waals surface area contributed by atoms with Gasteiger partial charge in [-0.3, -0.25) is 19.3 Å². The van der Waals surface area contributed by atoms with Crippen LogP contribution in [0.3, 0.4) is 0 Å². The molecule has 1 saturated heterocycles. The van der Waals surface area contributed by atoms with Gasteiger partial charge in [-0.2, -0.15) is 0 Å². The molecule has 1 spiro atoms. The summed E-state index contributed by atoms with van der Waals surface area (Å²) in [7, 11) is 0. The van der Waals surface area contributed by atoms with E-state index in [9.17, 15) is 19.2 Å². The van der Waals surface area contributed by atoms with Crippen LogP contribution in [-0.4, -0.2) is 53.8 Å². The Kier molecular flexibility index (Phi) is 6.72. The normalized spacial score (nSPS) is 29.0. The van der Waals surface area contributed by atoms with Crippen LogP contribution in [0.15, 0.2) is 0 Å². The Morgan fingerprint density at radius 3 is 2.40 bits per heavy atom. The summed E-state index contributed by atoms with van der Waals surface area (Å²) in [6, 6.07) is -0.495. The van der Waals surface area contributed by atoms with E-state index in [4.69, 9.17) is 0 Å². The van der Waals surface area contributed by atoms with Gasteiger partial charge in [0.2, 0.25) is 11.8 Å². The minimum absolute atomic E-state index is 0.0462. The van der Waals surface area contributed by atoms with Gasteiger partial charge in [-0.1, -0.05) is 40.0 Å². The fraction of sp³-hybridized carbons (Fsp3) is 0.818. The number of imide groups is 1. The van der Waals surface area contributed by atoms with Crippen LogP contribution in [0.5, 0.6) is 0 Å². The van der Waals surface area contributed by atoms with Crippen molar-refractivity contribution < 1.29 is 19.2 Å². The molecule has 3 aliphatic rings. The molecule has 1 heterocycles. The molecule has 5 amide bonds. The maximum absolute atomic E-state index is 13.1. The van der Waals surface area contributed by atoms with Gasteiger partial charge in [0.15, 0.2) is 0 Å². The first-order chi connectivity index (χ1) is 14.1. The molecule has 0 aromatic heterocycles. The summed E-state index contributed by atoms with van der Waals surface area (Å²) in [5.74, 6) is -0.245. The molecule has 2 saturated carbocycles. The van der Waals surface area contributed by atoms with Crippen LogP contribution >= 0.6 is 0 Å². The predicted molar refractivity (Wildman–Crippen MR) is 112 cm³/mol. The summed E-state index contributed by atoms with van der Waals surface area (Å²) in [5.41, 5.74) is -0.943. The number of urea groups is 1. The minimum atomic E-state index is -0.896. The number of rotatable bonds is 6. The maximum atomic E-state index is 13.1. The number of nitrogens with one attached hydrogen (secondary N) is 3. The molecular weight excluding hydrogens is 384 g/mol. The van der Waals surface area contributed by atoms with Crippen molar-refractivity contribution in [2.75, 3.05) is 19.6 Å². The van der Waals surface area contributed by atoms with Gasteiger partial charge < -0.3 is 16.0 Å². The molecule has 1 aliphatic heterocycles. The van der Waals surface area contributed by atoms with Gasteiger partial charge in [0.25, 0.3) is 5.91 Å². The Morgan fingerprint density at radius 2 is 1.73 bits per heavy atom. The van der Waals surface area contributed by atoms with Gasteiger partial charge >= 0.3 is 6.03 Å². The third-order valence-corrected chi connectivity index (χ3v) is 6.65. The lowest BCUT2D eigenvalue weighted by atomic mass is 9.64. The van der Waals surface area contributed by atoms with Crippen molar-refractivity contribution in [1.82, 2.24) is 20.9 Å². The highest BCUT2D eigenvalue weighted by Crippen LogP contribution is 2.46. The number of amides is 5. The topological polar surface area (TPSA) is 108 Å². The SMILES string of the molecule is CC1CC(C)(C)CC2(C1)NC(=O)N(CC(=O)NCCNC(=O)C1CCCCC1)C2=O. The summed E-state index contributed by atoms with van der Waals surface area (Å²) in [6.07, 6.45) is 7.44. The molecule has 30 heavy (non-hydrogen) atoms. The molecule has 2 unspecified atom stereocenters. The van der Waals surface area contributed by atoms with Crippen molar-refractivity contribution in [2.45, 2.75) is 77.7 Å². The first-order valence-electron chi connectivity index (χ1n) is 11.3. The Morgan fingerprint density at radius 1 is 1.07 bits per heavy atom. The molecule has 8 nitrogen and oxygen atoms in total. The molecule has 0 bridgehead atoms. The largest absolute Gasteiger partial charge is 0.354 e. The maximum Gasteiger partial charge on any atom is 0.325 e. The predicted octanol–water partition coefficient (Wildman–Crippen LogP) is 1.94. The van der Waals surface area contributed by atoms with E-state index in [1.165, 1.54) is 6.42 Å². The van der Waals surface area contributed by atoms with E-state index in [2.05, 4.69) is 36.7 Å². The van der Waals surface area contributed by atoms with E-state index in [1.54, 1.807) is 0 Å². The lowest BCUT2D eigenvalue weighted by Crippen LogP contribution is -2.54. The summed E-state index contributed by atoms with van der Waals surface area (Å²) in [4.78, 5) is 51.0. The van der Waals surface area contributed by atoms with Crippen molar-refractivity contribution in [3.05, 3.63) is 0 Å². The zero-order valence-corrected chi connectivity index (χ0v) is 18.5. The van der Waals surface area contributed by atoms with Crippen molar-refractivity contribution in [3.8, 4) is 0 Å². The van der Waals surface area contributed by atoms with Crippen LogP contribution in [0.1, 0.15) is 72.1 Å². The standard InChI is InChI=1S/C22H36N4O4/c1-15-11-21(2,3)14-22(12-15)19(29)26(20(30)25-22)13-17(27)23-9-10-24-18(28)16-7-5-4-6-8-16/h15-16H,4-14H2,1-3H3,(H,23,27)(H,24,28)(H,25,30). The highest BCUT2D eigenvalue weighted by Gasteiger charge is 2.56. The summed E-state index contributed by atoms with van der Waals surface area (Å²) in [5, 5.41) is 8.44. The molecule has 0 radical (unpaired) electrons. The fourth-order valence-corrected chi connectivity index (χ4v) is 5.75. The zero-order valence-electron chi connectivity index (χ0n) is 18.5. The number of carbonyl (C=O) groups is 4. The van der Waals surface area contributed by atoms with Crippen LogP contribution < -0.4 is 16.0 Å².